The van der Waals surface area contributed by atoms with Crippen LogP contribution in [0, 0.1) is 3.95 Å². The van der Waals surface area contributed by atoms with Crippen molar-refractivity contribution in [2.75, 3.05) is 11.1 Å². The predicted molar refractivity (Wildman–Crippen MR) is 116 cm³/mol. The Hall–Kier alpha value is -2.01. The second-order valence-electron chi connectivity index (χ2n) is 6.14. The lowest BCUT2D eigenvalue weighted by Gasteiger charge is -2.05. The smallest absolute Gasteiger partial charge is 0.251 e. The molecule has 28 heavy (non-hydrogen) atoms. The Kier molecular flexibility index (Phi) is 5.63. The highest BCUT2D eigenvalue weighted by Crippen LogP contribution is 2.39. The van der Waals surface area contributed by atoms with Gasteiger partial charge in [0.25, 0.3) is 5.91 Å². The number of fused-ring (bicyclic) bond motifs is 1. The maximum Gasteiger partial charge on any atom is 0.251 e. The molecule has 10 heteroatoms. The number of thiophene rings is 1. The van der Waals surface area contributed by atoms with Gasteiger partial charge in [-0.2, -0.15) is 0 Å². The fraction of sp³-hybridized carbons (Fsp3) is 0.222. The van der Waals surface area contributed by atoms with Crippen LogP contribution in [0.2, 0.25) is 0 Å². The first-order chi connectivity index (χ1) is 13.5. The second-order valence-corrected chi connectivity index (χ2v) is 10.1. The minimum atomic E-state index is -0.484. The molecular formula is C18H16N4O2S4. The van der Waals surface area contributed by atoms with Gasteiger partial charge in [-0.3, -0.25) is 9.59 Å². The van der Waals surface area contributed by atoms with Crippen molar-refractivity contribution in [1.29, 1.82) is 0 Å². The summed E-state index contributed by atoms with van der Waals surface area (Å²) < 4.78 is 3.03. The number of nitrogens with one attached hydrogen (secondary N) is 1. The average molecular weight is 449 g/mol. The molecule has 0 fully saturated rings. The molecule has 0 saturated carbocycles. The van der Waals surface area contributed by atoms with Crippen LogP contribution in [-0.2, 0) is 17.6 Å². The van der Waals surface area contributed by atoms with Gasteiger partial charge in [-0.25, -0.2) is 4.68 Å². The van der Waals surface area contributed by atoms with Gasteiger partial charge in [0.05, 0.1) is 17.0 Å². The van der Waals surface area contributed by atoms with E-state index in [0.29, 0.717) is 18.9 Å². The molecule has 3 aromatic rings. The number of amides is 2. The van der Waals surface area contributed by atoms with E-state index >= 15 is 0 Å². The number of benzene rings is 1. The van der Waals surface area contributed by atoms with Crippen molar-refractivity contribution in [3.05, 3.63) is 50.3 Å². The van der Waals surface area contributed by atoms with E-state index in [4.69, 9.17) is 18.0 Å². The first-order valence-electron chi connectivity index (χ1n) is 8.55. The number of aromatic nitrogens is 2. The molecule has 4 rings (SSSR count). The standard InChI is InChI=1S/C18H16N4O2S4/c19-15(24)14-11-7-4-8-12(11)27-16(14)20-13(23)9-26-17-21-22(18(25)28-17)10-5-2-1-3-6-10/h1-3,5-6H,4,7-9H2,(H2,19,24)(H,20,23). The first-order valence-corrected chi connectivity index (χ1v) is 11.6. The van der Waals surface area contributed by atoms with Crippen LogP contribution in [0.1, 0.15) is 27.2 Å². The maximum atomic E-state index is 12.4. The lowest BCUT2D eigenvalue weighted by atomic mass is 10.1. The number of rotatable bonds is 6. The van der Waals surface area contributed by atoms with Crippen LogP contribution >= 0.6 is 46.7 Å². The minimum absolute atomic E-state index is 0.178. The Labute approximate surface area is 178 Å². The van der Waals surface area contributed by atoms with Gasteiger partial charge in [-0.1, -0.05) is 41.3 Å². The summed E-state index contributed by atoms with van der Waals surface area (Å²) in [5, 5.41) is 7.89. The van der Waals surface area contributed by atoms with E-state index < -0.39 is 5.91 Å². The summed E-state index contributed by atoms with van der Waals surface area (Å²) in [6.07, 6.45) is 2.81. The predicted octanol–water partition coefficient (Wildman–Crippen LogP) is 4.04. The van der Waals surface area contributed by atoms with E-state index in [9.17, 15) is 9.59 Å². The maximum absolute atomic E-state index is 12.4. The average Bonchev–Trinajstić information content (AvgIpc) is 3.34. The molecule has 2 amide bonds. The first kappa shape index (κ1) is 19.3. The largest absolute Gasteiger partial charge is 0.365 e. The molecule has 0 aliphatic heterocycles. The molecule has 0 bridgehead atoms. The number of para-hydroxylation sites is 1. The number of anilines is 1. The van der Waals surface area contributed by atoms with Crippen molar-refractivity contribution in [3.8, 4) is 5.69 Å². The number of nitrogens with two attached hydrogens (primary N) is 1. The van der Waals surface area contributed by atoms with Crippen LogP contribution in [-0.4, -0.2) is 27.3 Å². The van der Waals surface area contributed by atoms with Crippen LogP contribution in [0.25, 0.3) is 5.69 Å². The number of hydrogen-bond acceptors (Lipinski definition) is 7. The Morgan fingerprint density at radius 3 is 2.79 bits per heavy atom. The molecule has 144 valence electrons. The van der Waals surface area contributed by atoms with Crippen molar-refractivity contribution in [3.63, 3.8) is 0 Å². The Morgan fingerprint density at radius 2 is 2.04 bits per heavy atom. The van der Waals surface area contributed by atoms with Crippen LogP contribution in [0.15, 0.2) is 34.7 Å². The zero-order valence-corrected chi connectivity index (χ0v) is 17.9. The Morgan fingerprint density at radius 1 is 1.25 bits per heavy atom. The number of primary amides is 1. The number of nitrogens with zero attached hydrogens (tertiary/aromatic N) is 2. The van der Waals surface area contributed by atoms with Gasteiger partial charge in [0.2, 0.25) is 5.91 Å². The summed E-state index contributed by atoms with van der Waals surface area (Å²) in [5.41, 5.74) is 7.90. The number of carbonyl (C=O) groups excluding carboxylic acids is 2. The molecule has 0 saturated heterocycles. The van der Waals surface area contributed by atoms with E-state index in [0.717, 1.165) is 35.4 Å². The highest BCUT2D eigenvalue weighted by Gasteiger charge is 2.26. The summed E-state index contributed by atoms with van der Waals surface area (Å²) in [7, 11) is 0. The van der Waals surface area contributed by atoms with Gasteiger partial charge in [0.15, 0.2) is 8.29 Å². The third kappa shape index (κ3) is 3.90. The molecule has 6 nitrogen and oxygen atoms in total. The molecule has 1 aliphatic rings. The molecule has 3 N–H and O–H groups in total. The van der Waals surface area contributed by atoms with Crippen molar-refractivity contribution < 1.29 is 9.59 Å². The molecule has 2 heterocycles. The number of carbonyl (C=O) groups is 2. The number of thioether (sulfide) groups is 1. The highest BCUT2D eigenvalue weighted by atomic mass is 32.2. The minimum Gasteiger partial charge on any atom is -0.365 e. The van der Waals surface area contributed by atoms with Crippen molar-refractivity contribution in [2.45, 2.75) is 23.6 Å². The van der Waals surface area contributed by atoms with Gasteiger partial charge < -0.3 is 11.1 Å². The van der Waals surface area contributed by atoms with Gasteiger partial charge in [0, 0.05) is 4.88 Å². The van der Waals surface area contributed by atoms with Gasteiger partial charge >= 0.3 is 0 Å². The van der Waals surface area contributed by atoms with Crippen molar-refractivity contribution in [2.24, 2.45) is 5.73 Å². The van der Waals surface area contributed by atoms with Gasteiger partial charge in [-0.05, 0) is 49.2 Å². The second kappa shape index (κ2) is 8.16. The number of hydrogen-bond donors (Lipinski definition) is 2. The summed E-state index contributed by atoms with van der Waals surface area (Å²) in [6, 6.07) is 9.63. The Balaban J connectivity index is 1.44. The van der Waals surface area contributed by atoms with E-state index in [1.165, 1.54) is 34.4 Å². The van der Waals surface area contributed by atoms with Crippen LogP contribution in [0.4, 0.5) is 5.00 Å². The number of aryl methyl sites for hydroxylation is 1. The lowest BCUT2D eigenvalue weighted by Crippen LogP contribution is -2.18. The molecular weight excluding hydrogens is 432 g/mol. The fourth-order valence-corrected chi connectivity index (χ4v) is 6.57. The van der Waals surface area contributed by atoms with E-state index in [1.807, 2.05) is 30.3 Å². The zero-order chi connectivity index (χ0) is 19.7. The van der Waals surface area contributed by atoms with Crippen LogP contribution < -0.4 is 11.1 Å². The molecule has 0 radical (unpaired) electrons. The Bertz CT molecular complexity index is 1100. The zero-order valence-electron chi connectivity index (χ0n) is 14.6. The SMILES string of the molecule is NC(=O)c1c(NC(=O)CSc2nn(-c3ccccc3)c(=S)s2)sc2c1CCC2. The summed E-state index contributed by atoms with van der Waals surface area (Å²) in [5.74, 6) is -0.501. The van der Waals surface area contributed by atoms with Crippen molar-refractivity contribution in [1.82, 2.24) is 9.78 Å². The third-order valence-corrected chi connectivity index (χ3v) is 7.85. The molecule has 0 unspecified atom stereocenters. The monoisotopic (exact) mass is 448 g/mol. The molecule has 0 atom stereocenters. The van der Waals surface area contributed by atoms with Crippen molar-refractivity contribution >= 4 is 63.5 Å². The molecule has 2 aromatic heterocycles. The normalized spacial score (nSPS) is 12.7. The van der Waals surface area contributed by atoms with E-state index in [-0.39, 0.29) is 11.7 Å². The third-order valence-electron chi connectivity index (χ3n) is 4.28. The van der Waals surface area contributed by atoms with Gasteiger partial charge in [-0.15, -0.1) is 16.4 Å². The highest BCUT2D eigenvalue weighted by molar-refractivity contribution is 8.01. The van der Waals surface area contributed by atoms with Crippen LogP contribution in [0.3, 0.4) is 0 Å². The fourth-order valence-electron chi connectivity index (χ4n) is 3.09. The van der Waals surface area contributed by atoms with Crippen LogP contribution in [0.5, 0.6) is 0 Å². The van der Waals surface area contributed by atoms with E-state index in [2.05, 4.69) is 10.4 Å². The summed E-state index contributed by atoms with van der Waals surface area (Å²) >= 11 is 9.51. The van der Waals surface area contributed by atoms with Gasteiger partial charge in [0.1, 0.15) is 5.00 Å². The van der Waals surface area contributed by atoms with E-state index in [1.54, 1.807) is 4.68 Å². The molecule has 0 spiro atoms. The molecule has 1 aromatic carbocycles. The topological polar surface area (TPSA) is 90.0 Å². The quantitative estimate of drug-likeness (QED) is 0.439. The molecule has 1 aliphatic carbocycles. The summed E-state index contributed by atoms with van der Waals surface area (Å²) in [4.78, 5) is 25.4. The lowest BCUT2D eigenvalue weighted by molar-refractivity contribution is -0.113. The summed E-state index contributed by atoms with van der Waals surface area (Å²) in [6.45, 7) is 0.